The van der Waals surface area contributed by atoms with Gasteiger partial charge >= 0.3 is 0 Å². The molecule has 1 rings (SSSR count). The molecule has 1 saturated heterocycles. The van der Waals surface area contributed by atoms with Gasteiger partial charge in [0.2, 0.25) is 0 Å². The average molecular weight is 184 g/mol. The van der Waals surface area contributed by atoms with Crippen molar-refractivity contribution in [2.75, 3.05) is 13.1 Å². The lowest BCUT2D eigenvalue weighted by molar-refractivity contribution is 0.0982. The third kappa shape index (κ3) is 2.96. The molecule has 0 aromatic rings. The lowest BCUT2D eigenvalue weighted by atomic mass is 9.98. The number of hydrogen-bond acceptors (Lipinski definition) is 2. The fourth-order valence-electron chi connectivity index (χ4n) is 2.46. The molecule has 2 atom stereocenters. The highest BCUT2D eigenvalue weighted by Gasteiger charge is 2.23. The molecule has 0 amide bonds. The van der Waals surface area contributed by atoms with Gasteiger partial charge in [0.25, 0.3) is 0 Å². The van der Waals surface area contributed by atoms with Crippen molar-refractivity contribution in [3.8, 4) is 0 Å². The highest BCUT2D eigenvalue weighted by atomic mass is 15.2. The van der Waals surface area contributed by atoms with Crippen LogP contribution in [0.2, 0.25) is 0 Å². The Morgan fingerprint density at radius 2 is 2.23 bits per heavy atom. The highest BCUT2D eigenvalue weighted by molar-refractivity contribution is 4.79. The molecule has 2 N–H and O–H groups in total. The van der Waals surface area contributed by atoms with E-state index in [0.29, 0.717) is 0 Å². The third-order valence-electron chi connectivity index (χ3n) is 3.29. The van der Waals surface area contributed by atoms with Gasteiger partial charge < -0.3 is 5.73 Å². The summed E-state index contributed by atoms with van der Waals surface area (Å²) in [6, 6.07) is 1.52. The van der Waals surface area contributed by atoms with Crippen LogP contribution in [0.3, 0.4) is 0 Å². The number of rotatable bonds is 4. The number of hydrogen-bond donors (Lipinski definition) is 1. The van der Waals surface area contributed by atoms with Gasteiger partial charge in [-0.1, -0.05) is 13.3 Å². The van der Waals surface area contributed by atoms with E-state index in [2.05, 4.69) is 18.7 Å². The molecule has 0 saturated carbocycles. The van der Waals surface area contributed by atoms with Gasteiger partial charge in [-0.3, -0.25) is 4.90 Å². The van der Waals surface area contributed by atoms with Crippen LogP contribution in [0.15, 0.2) is 0 Å². The van der Waals surface area contributed by atoms with Gasteiger partial charge in [0.05, 0.1) is 0 Å². The Hall–Kier alpha value is -0.0800. The SMILES string of the molecule is CCC(CCN)N1CCCCC1C. The van der Waals surface area contributed by atoms with Crippen molar-refractivity contribution >= 4 is 0 Å². The Labute approximate surface area is 82.5 Å². The summed E-state index contributed by atoms with van der Waals surface area (Å²) in [7, 11) is 0. The largest absolute Gasteiger partial charge is 0.330 e. The molecule has 1 heterocycles. The Kier molecular flexibility index (Phi) is 4.74. The van der Waals surface area contributed by atoms with E-state index in [4.69, 9.17) is 5.73 Å². The van der Waals surface area contributed by atoms with E-state index < -0.39 is 0 Å². The topological polar surface area (TPSA) is 29.3 Å². The molecule has 13 heavy (non-hydrogen) atoms. The molecule has 1 fully saturated rings. The van der Waals surface area contributed by atoms with Crippen molar-refractivity contribution in [2.45, 2.75) is 58.0 Å². The maximum atomic E-state index is 5.63. The zero-order chi connectivity index (χ0) is 9.68. The van der Waals surface area contributed by atoms with Crippen LogP contribution in [-0.2, 0) is 0 Å². The second-order valence-electron chi connectivity index (χ2n) is 4.22. The predicted octanol–water partition coefficient (Wildman–Crippen LogP) is 1.99. The zero-order valence-corrected chi connectivity index (χ0v) is 9.13. The Morgan fingerprint density at radius 3 is 2.77 bits per heavy atom. The van der Waals surface area contributed by atoms with E-state index in [-0.39, 0.29) is 0 Å². The number of likely N-dealkylation sites (tertiary alicyclic amines) is 1. The predicted molar refractivity (Wildman–Crippen MR) is 57.8 cm³/mol. The summed E-state index contributed by atoms with van der Waals surface area (Å²) in [5.74, 6) is 0. The minimum Gasteiger partial charge on any atom is -0.330 e. The number of nitrogens with zero attached hydrogens (tertiary/aromatic N) is 1. The van der Waals surface area contributed by atoms with Gasteiger partial charge in [-0.15, -0.1) is 0 Å². The van der Waals surface area contributed by atoms with E-state index in [1.165, 1.54) is 38.6 Å². The summed E-state index contributed by atoms with van der Waals surface area (Å²) in [6.45, 7) is 6.77. The van der Waals surface area contributed by atoms with E-state index in [9.17, 15) is 0 Å². The van der Waals surface area contributed by atoms with Crippen molar-refractivity contribution in [2.24, 2.45) is 5.73 Å². The van der Waals surface area contributed by atoms with Crippen LogP contribution >= 0.6 is 0 Å². The van der Waals surface area contributed by atoms with Gasteiger partial charge in [-0.05, 0) is 45.7 Å². The number of piperidine rings is 1. The minimum atomic E-state index is 0.736. The molecular weight excluding hydrogens is 160 g/mol. The van der Waals surface area contributed by atoms with E-state index in [1.54, 1.807) is 0 Å². The maximum Gasteiger partial charge on any atom is 0.0107 e. The molecule has 0 aromatic heterocycles. The van der Waals surface area contributed by atoms with Crippen LogP contribution in [0.5, 0.6) is 0 Å². The van der Waals surface area contributed by atoms with Gasteiger partial charge in [0.1, 0.15) is 0 Å². The molecule has 2 nitrogen and oxygen atoms in total. The van der Waals surface area contributed by atoms with Crippen molar-refractivity contribution in [1.29, 1.82) is 0 Å². The van der Waals surface area contributed by atoms with Crippen LogP contribution in [-0.4, -0.2) is 30.1 Å². The highest BCUT2D eigenvalue weighted by Crippen LogP contribution is 2.21. The molecule has 0 radical (unpaired) electrons. The Bertz CT molecular complexity index is 136. The van der Waals surface area contributed by atoms with E-state index in [0.717, 1.165) is 18.6 Å². The first-order valence-corrected chi connectivity index (χ1v) is 5.75. The second-order valence-corrected chi connectivity index (χ2v) is 4.22. The van der Waals surface area contributed by atoms with Crippen molar-refractivity contribution in [3.63, 3.8) is 0 Å². The molecular formula is C11H24N2. The normalized spacial score (nSPS) is 27.5. The zero-order valence-electron chi connectivity index (χ0n) is 9.13. The standard InChI is InChI=1S/C11H24N2/c1-3-11(7-8-12)13-9-5-4-6-10(13)2/h10-11H,3-9,12H2,1-2H3. The molecule has 0 spiro atoms. The molecule has 0 aromatic carbocycles. The summed E-state index contributed by atoms with van der Waals surface area (Å²) >= 11 is 0. The molecule has 78 valence electrons. The number of nitrogens with two attached hydrogens (primary N) is 1. The molecule has 1 aliphatic heterocycles. The fourth-order valence-corrected chi connectivity index (χ4v) is 2.46. The van der Waals surface area contributed by atoms with Crippen LogP contribution in [0.4, 0.5) is 0 Å². The second kappa shape index (κ2) is 5.61. The monoisotopic (exact) mass is 184 g/mol. The average Bonchev–Trinajstić information content (AvgIpc) is 2.16. The Balaban J connectivity index is 2.44. The molecule has 1 aliphatic rings. The van der Waals surface area contributed by atoms with Crippen LogP contribution in [0.25, 0.3) is 0 Å². The van der Waals surface area contributed by atoms with Gasteiger partial charge in [-0.2, -0.15) is 0 Å². The quantitative estimate of drug-likeness (QED) is 0.724. The lowest BCUT2D eigenvalue weighted by Gasteiger charge is -2.39. The minimum absolute atomic E-state index is 0.736. The third-order valence-corrected chi connectivity index (χ3v) is 3.29. The van der Waals surface area contributed by atoms with Crippen LogP contribution in [0, 0.1) is 0 Å². The molecule has 2 unspecified atom stereocenters. The summed E-state index contributed by atoms with van der Waals surface area (Å²) in [5.41, 5.74) is 5.63. The lowest BCUT2D eigenvalue weighted by Crippen LogP contribution is -2.45. The first-order valence-electron chi connectivity index (χ1n) is 5.75. The summed E-state index contributed by atoms with van der Waals surface area (Å²) < 4.78 is 0. The van der Waals surface area contributed by atoms with Crippen molar-refractivity contribution in [1.82, 2.24) is 4.90 Å². The fraction of sp³-hybridized carbons (Fsp3) is 1.00. The van der Waals surface area contributed by atoms with E-state index in [1.807, 2.05) is 0 Å². The summed E-state index contributed by atoms with van der Waals surface area (Å²) in [5, 5.41) is 0. The van der Waals surface area contributed by atoms with Gasteiger partial charge in [-0.25, -0.2) is 0 Å². The van der Waals surface area contributed by atoms with Crippen molar-refractivity contribution in [3.05, 3.63) is 0 Å². The Morgan fingerprint density at radius 1 is 1.46 bits per heavy atom. The van der Waals surface area contributed by atoms with Crippen molar-refractivity contribution < 1.29 is 0 Å². The maximum absolute atomic E-state index is 5.63. The first kappa shape index (κ1) is 11.0. The molecule has 2 heteroatoms. The molecule has 0 bridgehead atoms. The van der Waals surface area contributed by atoms with Crippen LogP contribution in [0.1, 0.15) is 46.0 Å². The molecule has 0 aliphatic carbocycles. The summed E-state index contributed by atoms with van der Waals surface area (Å²) in [4.78, 5) is 2.66. The van der Waals surface area contributed by atoms with Gasteiger partial charge in [0, 0.05) is 12.1 Å². The van der Waals surface area contributed by atoms with E-state index >= 15 is 0 Å². The van der Waals surface area contributed by atoms with Crippen LogP contribution < -0.4 is 5.73 Å². The van der Waals surface area contributed by atoms with Gasteiger partial charge in [0.15, 0.2) is 0 Å². The first-order chi connectivity index (χ1) is 6.29. The smallest absolute Gasteiger partial charge is 0.0107 e. The summed E-state index contributed by atoms with van der Waals surface area (Å²) in [6.07, 6.45) is 6.59.